The number of carbonyl (C=O) groups excluding carboxylic acids is 2. The van der Waals surface area contributed by atoms with Crippen LogP contribution in [0.4, 0.5) is 0 Å². The molecule has 0 unspecified atom stereocenters. The van der Waals surface area contributed by atoms with E-state index in [9.17, 15) is 9.59 Å². The van der Waals surface area contributed by atoms with Gasteiger partial charge < -0.3 is 25.3 Å². The van der Waals surface area contributed by atoms with Crippen LogP contribution in [0.2, 0.25) is 0 Å². The fourth-order valence-corrected chi connectivity index (χ4v) is 4.41. The molecule has 24 heavy (non-hydrogen) atoms. The number of primary amides is 1. The highest BCUT2D eigenvalue weighted by molar-refractivity contribution is 5.79. The van der Waals surface area contributed by atoms with Gasteiger partial charge in [-0.1, -0.05) is 0 Å². The monoisotopic (exact) mass is 338 g/mol. The summed E-state index contributed by atoms with van der Waals surface area (Å²) in [6.45, 7) is 8.97. The molecule has 3 N–H and O–H groups in total. The summed E-state index contributed by atoms with van der Waals surface area (Å²) in [6, 6.07) is 0. The van der Waals surface area contributed by atoms with Crippen LogP contribution in [0, 0.1) is 11.8 Å². The largest absolute Gasteiger partial charge is 0.365 e. The van der Waals surface area contributed by atoms with E-state index in [1.165, 1.54) is 0 Å². The van der Waals surface area contributed by atoms with Crippen LogP contribution in [0.3, 0.4) is 0 Å². The molecule has 3 saturated heterocycles. The van der Waals surface area contributed by atoms with Crippen molar-refractivity contribution in [1.29, 1.82) is 0 Å². The number of hydrogen-bond acceptors (Lipinski definition) is 4. The molecular formula is C17H32N5O2+. The van der Waals surface area contributed by atoms with Gasteiger partial charge in [0.15, 0.2) is 6.54 Å². The van der Waals surface area contributed by atoms with E-state index in [1.54, 1.807) is 0 Å². The molecule has 3 fully saturated rings. The molecule has 7 nitrogen and oxygen atoms in total. The topological polar surface area (TPSA) is 78.7 Å². The summed E-state index contributed by atoms with van der Waals surface area (Å²) in [7, 11) is 2.10. The number of nitrogens with two attached hydrogens (primary N) is 1. The van der Waals surface area contributed by atoms with E-state index >= 15 is 0 Å². The van der Waals surface area contributed by atoms with E-state index in [0.29, 0.717) is 18.4 Å². The predicted molar refractivity (Wildman–Crippen MR) is 92.1 cm³/mol. The van der Waals surface area contributed by atoms with Crippen molar-refractivity contribution in [3.8, 4) is 0 Å². The molecule has 0 saturated carbocycles. The minimum Gasteiger partial charge on any atom is -0.365 e. The zero-order valence-electron chi connectivity index (χ0n) is 14.9. The van der Waals surface area contributed by atoms with Crippen molar-refractivity contribution in [3.63, 3.8) is 0 Å². The molecule has 0 aromatic carbocycles. The van der Waals surface area contributed by atoms with Gasteiger partial charge in [-0.25, -0.2) is 0 Å². The molecule has 0 aliphatic carbocycles. The summed E-state index contributed by atoms with van der Waals surface area (Å²) < 4.78 is 0.786. The predicted octanol–water partition coefficient (Wildman–Crippen LogP) is -1.31. The highest BCUT2D eigenvalue weighted by atomic mass is 16.2. The summed E-state index contributed by atoms with van der Waals surface area (Å²) in [5.74, 6) is 0.887. The second-order valence-corrected chi connectivity index (χ2v) is 8.02. The summed E-state index contributed by atoms with van der Waals surface area (Å²) in [6.07, 6.45) is 1.78. The summed E-state index contributed by atoms with van der Waals surface area (Å²) in [5.41, 5.74) is 5.52. The number of carbonyl (C=O) groups is 2. The normalized spacial score (nSPS) is 32.4. The van der Waals surface area contributed by atoms with Crippen LogP contribution in [-0.2, 0) is 9.59 Å². The van der Waals surface area contributed by atoms with Crippen molar-refractivity contribution in [2.45, 2.75) is 12.8 Å². The third-order valence-electron chi connectivity index (χ3n) is 6.07. The first-order chi connectivity index (χ1) is 11.5. The summed E-state index contributed by atoms with van der Waals surface area (Å²) >= 11 is 0. The second kappa shape index (κ2) is 7.37. The molecule has 7 heteroatoms. The zero-order valence-corrected chi connectivity index (χ0v) is 14.9. The molecule has 3 aliphatic heterocycles. The minimum absolute atomic E-state index is 0.132. The Balaban J connectivity index is 1.55. The number of likely N-dealkylation sites (tertiary alicyclic amines) is 1. The van der Waals surface area contributed by atoms with Gasteiger partial charge in [0, 0.05) is 63.9 Å². The number of nitrogens with zero attached hydrogens (tertiary/aromatic N) is 3. The SMILES string of the molecule is CN1CCN(C(=O)C2CC[N+](CC(N)=O)(CC3CNC3)CC2)CC1. The van der Waals surface area contributed by atoms with Gasteiger partial charge in [-0.05, 0) is 7.05 Å². The number of piperidine rings is 1. The van der Waals surface area contributed by atoms with E-state index in [-0.39, 0.29) is 11.8 Å². The Hall–Kier alpha value is -1.18. The molecule has 0 aromatic rings. The first-order valence-corrected chi connectivity index (χ1v) is 9.29. The maximum atomic E-state index is 12.8. The number of amides is 2. The fourth-order valence-electron chi connectivity index (χ4n) is 4.41. The van der Waals surface area contributed by atoms with Crippen molar-refractivity contribution in [1.82, 2.24) is 15.1 Å². The lowest BCUT2D eigenvalue weighted by atomic mass is 9.90. The summed E-state index contributed by atoms with van der Waals surface area (Å²) in [5, 5.41) is 3.30. The Bertz CT molecular complexity index is 464. The lowest BCUT2D eigenvalue weighted by molar-refractivity contribution is -0.929. The van der Waals surface area contributed by atoms with E-state index in [1.807, 2.05) is 4.90 Å². The Morgan fingerprint density at radius 2 is 1.75 bits per heavy atom. The minimum atomic E-state index is -0.217. The maximum absolute atomic E-state index is 12.8. The molecule has 0 aromatic heterocycles. The molecule has 0 spiro atoms. The van der Waals surface area contributed by atoms with E-state index in [4.69, 9.17) is 5.73 Å². The zero-order chi connectivity index (χ0) is 17.2. The number of hydrogen-bond donors (Lipinski definition) is 2. The van der Waals surface area contributed by atoms with Crippen LogP contribution in [0.25, 0.3) is 0 Å². The molecular weight excluding hydrogens is 306 g/mol. The first-order valence-electron chi connectivity index (χ1n) is 9.29. The van der Waals surface area contributed by atoms with Gasteiger partial charge >= 0.3 is 0 Å². The lowest BCUT2D eigenvalue weighted by Gasteiger charge is -2.46. The average Bonchev–Trinajstić information content (AvgIpc) is 2.51. The molecule has 3 heterocycles. The van der Waals surface area contributed by atoms with Crippen LogP contribution in [0.15, 0.2) is 0 Å². The Morgan fingerprint density at radius 1 is 1.12 bits per heavy atom. The van der Waals surface area contributed by atoms with E-state index in [0.717, 1.165) is 76.2 Å². The molecule has 0 radical (unpaired) electrons. The van der Waals surface area contributed by atoms with Gasteiger partial charge in [0.2, 0.25) is 5.91 Å². The molecule has 3 rings (SSSR count). The molecule has 0 atom stereocenters. The van der Waals surface area contributed by atoms with Crippen LogP contribution in [0.1, 0.15) is 12.8 Å². The number of piperazine rings is 1. The van der Waals surface area contributed by atoms with E-state index < -0.39 is 0 Å². The van der Waals surface area contributed by atoms with Gasteiger partial charge in [-0.15, -0.1) is 0 Å². The third kappa shape index (κ3) is 4.07. The van der Waals surface area contributed by atoms with Crippen molar-refractivity contribution in [2.24, 2.45) is 17.6 Å². The van der Waals surface area contributed by atoms with Crippen LogP contribution in [0.5, 0.6) is 0 Å². The van der Waals surface area contributed by atoms with Crippen LogP contribution in [-0.4, -0.2) is 98.6 Å². The van der Waals surface area contributed by atoms with Crippen molar-refractivity contribution in [3.05, 3.63) is 0 Å². The van der Waals surface area contributed by atoms with Crippen LogP contribution >= 0.6 is 0 Å². The fraction of sp³-hybridized carbons (Fsp3) is 0.882. The lowest BCUT2D eigenvalue weighted by Crippen LogP contribution is -2.63. The molecule has 136 valence electrons. The highest BCUT2D eigenvalue weighted by Crippen LogP contribution is 2.27. The van der Waals surface area contributed by atoms with Gasteiger partial charge in [0.25, 0.3) is 5.91 Å². The molecule has 3 aliphatic rings. The molecule has 2 amide bonds. The first kappa shape index (κ1) is 17.6. The average molecular weight is 338 g/mol. The van der Waals surface area contributed by atoms with Gasteiger partial charge in [-0.2, -0.15) is 0 Å². The Morgan fingerprint density at radius 3 is 2.25 bits per heavy atom. The Labute approximate surface area is 144 Å². The van der Waals surface area contributed by atoms with Gasteiger partial charge in [0.05, 0.1) is 19.6 Å². The number of nitrogens with one attached hydrogen (secondary N) is 1. The van der Waals surface area contributed by atoms with Gasteiger partial charge in [0.1, 0.15) is 0 Å². The highest BCUT2D eigenvalue weighted by Gasteiger charge is 2.41. The second-order valence-electron chi connectivity index (χ2n) is 8.02. The van der Waals surface area contributed by atoms with Gasteiger partial charge in [-0.3, -0.25) is 9.59 Å². The standard InChI is InChI=1S/C17H31N5O2/c1-20-4-6-21(7-5-20)17(24)15-2-8-22(9-3-15,13-16(18)23)12-14-10-19-11-14/h14-15,19H,2-13H2,1H3,(H-,18,23)/p+1. The molecule has 0 bridgehead atoms. The van der Waals surface area contributed by atoms with Crippen molar-refractivity contribution in [2.75, 3.05) is 72.5 Å². The quantitative estimate of drug-likeness (QED) is 0.610. The summed E-state index contributed by atoms with van der Waals surface area (Å²) in [4.78, 5) is 28.7. The number of rotatable bonds is 5. The number of quaternary nitrogens is 1. The van der Waals surface area contributed by atoms with Crippen LogP contribution < -0.4 is 11.1 Å². The third-order valence-corrected chi connectivity index (χ3v) is 6.07. The van der Waals surface area contributed by atoms with Crippen molar-refractivity contribution < 1.29 is 14.1 Å². The van der Waals surface area contributed by atoms with Crippen molar-refractivity contribution >= 4 is 11.8 Å². The number of likely N-dealkylation sites (N-methyl/N-ethyl adjacent to an activating group) is 1. The Kier molecular flexibility index (Phi) is 5.42. The maximum Gasteiger partial charge on any atom is 0.272 e. The van der Waals surface area contributed by atoms with E-state index in [2.05, 4.69) is 17.3 Å². The smallest absolute Gasteiger partial charge is 0.272 e.